The maximum atomic E-state index is 5.48. The van der Waals surface area contributed by atoms with Crippen molar-refractivity contribution in [2.24, 2.45) is 10.9 Å². The second-order valence-electron chi connectivity index (χ2n) is 5.28. The highest BCUT2D eigenvalue weighted by atomic mass is 127. The molecule has 0 spiro atoms. The number of hydrogen-bond donors (Lipinski definition) is 2. The van der Waals surface area contributed by atoms with Crippen molar-refractivity contribution in [1.29, 1.82) is 0 Å². The molecule has 0 saturated carbocycles. The van der Waals surface area contributed by atoms with Crippen molar-refractivity contribution >= 4 is 29.9 Å². The van der Waals surface area contributed by atoms with Crippen LogP contribution < -0.4 is 10.6 Å². The van der Waals surface area contributed by atoms with Crippen molar-refractivity contribution in [2.75, 3.05) is 46.4 Å². The highest BCUT2D eigenvalue weighted by molar-refractivity contribution is 14.0. The maximum absolute atomic E-state index is 5.48. The van der Waals surface area contributed by atoms with Crippen molar-refractivity contribution in [2.45, 2.75) is 39.7 Å². The number of hydrogen-bond acceptors (Lipinski definition) is 3. The molecule has 0 aliphatic carbocycles. The third-order valence-electron chi connectivity index (χ3n) is 4.15. The van der Waals surface area contributed by atoms with Crippen molar-refractivity contribution < 1.29 is 4.74 Å². The Balaban J connectivity index is 0.00000400. The van der Waals surface area contributed by atoms with E-state index in [1.807, 2.05) is 7.05 Å². The molecule has 21 heavy (non-hydrogen) atoms. The molecule has 0 aromatic heterocycles. The highest BCUT2D eigenvalue weighted by Gasteiger charge is 2.26. The first-order valence-corrected chi connectivity index (χ1v) is 8.03. The Kier molecular flexibility index (Phi) is 12.4. The Bertz CT molecular complexity index is 279. The molecule has 1 heterocycles. The molecule has 6 heteroatoms. The van der Waals surface area contributed by atoms with Crippen molar-refractivity contribution in [3.63, 3.8) is 0 Å². The van der Waals surface area contributed by atoms with E-state index in [0.29, 0.717) is 6.04 Å². The molecule has 5 nitrogen and oxygen atoms in total. The molecule has 1 atom stereocenters. The van der Waals surface area contributed by atoms with Gasteiger partial charge in [-0.05, 0) is 12.8 Å². The Morgan fingerprint density at radius 1 is 1.14 bits per heavy atom. The van der Waals surface area contributed by atoms with Gasteiger partial charge in [0.15, 0.2) is 5.96 Å². The predicted octanol–water partition coefficient (Wildman–Crippen LogP) is 1.93. The first-order valence-electron chi connectivity index (χ1n) is 8.03. The van der Waals surface area contributed by atoms with Crippen LogP contribution in [-0.4, -0.2) is 63.3 Å². The standard InChI is InChI=1S/C15H32N4O.HI/c1-5-13(6-2)14(19-8-10-20-11-9-19)12-18-15(16-4)17-7-3;/h13-14H,5-12H2,1-4H3,(H2,16,17,18);1H. The van der Waals surface area contributed by atoms with Crippen molar-refractivity contribution in [3.05, 3.63) is 0 Å². The topological polar surface area (TPSA) is 48.9 Å². The number of guanidine groups is 1. The van der Waals surface area contributed by atoms with Crippen LogP contribution in [0, 0.1) is 5.92 Å². The van der Waals surface area contributed by atoms with Gasteiger partial charge in [0.1, 0.15) is 0 Å². The minimum absolute atomic E-state index is 0. The maximum Gasteiger partial charge on any atom is 0.191 e. The number of nitrogens with zero attached hydrogens (tertiary/aromatic N) is 2. The second-order valence-corrected chi connectivity index (χ2v) is 5.28. The smallest absolute Gasteiger partial charge is 0.191 e. The monoisotopic (exact) mass is 412 g/mol. The number of morpholine rings is 1. The molecule has 126 valence electrons. The Morgan fingerprint density at radius 2 is 1.76 bits per heavy atom. The average Bonchev–Trinajstić information content (AvgIpc) is 2.51. The Morgan fingerprint density at radius 3 is 2.24 bits per heavy atom. The zero-order chi connectivity index (χ0) is 14.8. The van der Waals surface area contributed by atoms with Gasteiger partial charge >= 0.3 is 0 Å². The number of rotatable bonds is 7. The first kappa shape index (κ1) is 20.9. The molecule has 0 aromatic carbocycles. The van der Waals surface area contributed by atoms with E-state index in [4.69, 9.17) is 4.74 Å². The highest BCUT2D eigenvalue weighted by Crippen LogP contribution is 2.19. The fourth-order valence-corrected chi connectivity index (χ4v) is 2.93. The van der Waals surface area contributed by atoms with Crippen LogP contribution in [0.25, 0.3) is 0 Å². The Labute approximate surface area is 147 Å². The van der Waals surface area contributed by atoms with Crippen LogP contribution in [-0.2, 0) is 4.74 Å². The van der Waals surface area contributed by atoms with Gasteiger partial charge in [-0.25, -0.2) is 0 Å². The van der Waals surface area contributed by atoms with Gasteiger partial charge in [-0.1, -0.05) is 26.7 Å². The summed E-state index contributed by atoms with van der Waals surface area (Å²) in [6.07, 6.45) is 2.44. The molecule has 1 aliphatic rings. The molecule has 0 bridgehead atoms. The van der Waals surface area contributed by atoms with Crippen molar-refractivity contribution in [3.8, 4) is 0 Å². The van der Waals surface area contributed by atoms with Crippen LogP contribution in [0.15, 0.2) is 4.99 Å². The molecule has 1 saturated heterocycles. The molecule has 2 N–H and O–H groups in total. The number of halogens is 1. The van der Waals surface area contributed by atoms with Crippen LogP contribution in [0.2, 0.25) is 0 Å². The molecule has 1 unspecified atom stereocenters. The van der Waals surface area contributed by atoms with Crippen molar-refractivity contribution in [1.82, 2.24) is 15.5 Å². The predicted molar refractivity (Wildman–Crippen MR) is 101 cm³/mol. The fraction of sp³-hybridized carbons (Fsp3) is 0.933. The van der Waals surface area contributed by atoms with E-state index < -0.39 is 0 Å². The van der Waals surface area contributed by atoms with Crippen LogP contribution in [0.4, 0.5) is 0 Å². The molecule has 0 radical (unpaired) electrons. The van der Waals surface area contributed by atoms with Gasteiger partial charge in [-0.2, -0.15) is 0 Å². The summed E-state index contributed by atoms with van der Waals surface area (Å²) < 4.78 is 5.48. The molecule has 0 amide bonds. The van der Waals surface area contributed by atoms with Gasteiger partial charge < -0.3 is 15.4 Å². The van der Waals surface area contributed by atoms with E-state index in [9.17, 15) is 0 Å². The minimum Gasteiger partial charge on any atom is -0.379 e. The zero-order valence-corrected chi connectivity index (χ0v) is 16.4. The van der Waals surface area contributed by atoms with Gasteiger partial charge in [0.2, 0.25) is 0 Å². The normalized spacial score (nSPS) is 18.2. The van der Waals surface area contributed by atoms with E-state index in [1.54, 1.807) is 0 Å². The number of ether oxygens (including phenoxy) is 1. The van der Waals surface area contributed by atoms with Crippen LogP contribution in [0.3, 0.4) is 0 Å². The molecular formula is C15H33IN4O. The van der Waals surface area contributed by atoms with Gasteiger partial charge in [0.25, 0.3) is 0 Å². The summed E-state index contributed by atoms with van der Waals surface area (Å²) in [5.74, 6) is 1.62. The van der Waals surface area contributed by atoms with Gasteiger partial charge in [-0.15, -0.1) is 24.0 Å². The van der Waals surface area contributed by atoms with E-state index in [-0.39, 0.29) is 24.0 Å². The molecule has 1 rings (SSSR count). The lowest BCUT2D eigenvalue weighted by molar-refractivity contribution is 0.00272. The molecule has 1 aliphatic heterocycles. The minimum atomic E-state index is 0. The lowest BCUT2D eigenvalue weighted by Gasteiger charge is -2.39. The molecular weight excluding hydrogens is 379 g/mol. The summed E-state index contributed by atoms with van der Waals surface area (Å²) >= 11 is 0. The average molecular weight is 412 g/mol. The summed E-state index contributed by atoms with van der Waals surface area (Å²) in [6.45, 7) is 12.3. The number of aliphatic imine (C=N–C) groups is 1. The van der Waals surface area contributed by atoms with E-state index in [1.165, 1.54) is 12.8 Å². The molecule has 0 aromatic rings. The summed E-state index contributed by atoms with van der Waals surface area (Å²) in [5.41, 5.74) is 0. The quantitative estimate of drug-likeness (QED) is 0.381. The second kappa shape index (κ2) is 12.5. The zero-order valence-electron chi connectivity index (χ0n) is 14.0. The van der Waals surface area contributed by atoms with Crippen LogP contribution >= 0.6 is 24.0 Å². The summed E-state index contributed by atoms with van der Waals surface area (Å²) in [6, 6.07) is 0.560. The SMILES string of the molecule is CCNC(=NC)NCC(C(CC)CC)N1CCOCC1.I. The lowest BCUT2D eigenvalue weighted by Crippen LogP contribution is -2.53. The largest absolute Gasteiger partial charge is 0.379 e. The lowest BCUT2D eigenvalue weighted by atomic mass is 9.92. The van der Waals surface area contributed by atoms with Gasteiger partial charge in [0.05, 0.1) is 13.2 Å². The Hall–Kier alpha value is -0.0800. The van der Waals surface area contributed by atoms with E-state index in [0.717, 1.165) is 51.3 Å². The third-order valence-corrected chi connectivity index (χ3v) is 4.15. The van der Waals surface area contributed by atoms with Crippen LogP contribution in [0.1, 0.15) is 33.6 Å². The molecule has 1 fully saturated rings. The van der Waals surface area contributed by atoms with E-state index >= 15 is 0 Å². The number of nitrogens with one attached hydrogen (secondary N) is 2. The first-order chi connectivity index (χ1) is 9.76. The van der Waals surface area contributed by atoms with Crippen LogP contribution in [0.5, 0.6) is 0 Å². The summed E-state index contributed by atoms with van der Waals surface area (Å²) in [5, 5.41) is 6.73. The van der Waals surface area contributed by atoms with Gasteiger partial charge in [-0.3, -0.25) is 9.89 Å². The summed E-state index contributed by atoms with van der Waals surface area (Å²) in [4.78, 5) is 6.83. The third kappa shape index (κ3) is 7.15. The van der Waals surface area contributed by atoms with Gasteiger partial charge in [0, 0.05) is 39.3 Å². The van der Waals surface area contributed by atoms with E-state index in [2.05, 4.69) is 41.3 Å². The summed E-state index contributed by atoms with van der Waals surface area (Å²) in [7, 11) is 1.83. The fourth-order valence-electron chi connectivity index (χ4n) is 2.93.